The molecule has 23 heavy (non-hydrogen) atoms. The van der Waals surface area contributed by atoms with Crippen LogP contribution in [0.1, 0.15) is 18.9 Å². The predicted molar refractivity (Wildman–Crippen MR) is 88.7 cm³/mol. The van der Waals surface area contributed by atoms with Gasteiger partial charge in [0.05, 0.1) is 0 Å². The summed E-state index contributed by atoms with van der Waals surface area (Å²) < 4.78 is 27.0. The van der Waals surface area contributed by atoms with Gasteiger partial charge in [0.2, 0.25) is 5.91 Å². The molecule has 2 aromatic carbocycles. The lowest BCUT2D eigenvalue weighted by atomic mass is 10.2. The van der Waals surface area contributed by atoms with Crippen molar-refractivity contribution < 1.29 is 13.6 Å². The van der Waals surface area contributed by atoms with E-state index in [1.807, 2.05) is 38.1 Å². The maximum Gasteiger partial charge on any atom is 0.228 e. The highest BCUT2D eigenvalue weighted by atomic mass is 19.1. The lowest BCUT2D eigenvalue weighted by Gasteiger charge is -2.21. The van der Waals surface area contributed by atoms with Gasteiger partial charge in [0, 0.05) is 25.2 Å². The molecule has 3 nitrogen and oxygen atoms in total. The molecule has 1 N–H and O–H groups in total. The van der Waals surface area contributed by atoms with Crippen LogP contribution in [0, 0.1) is 18.6 Å². The topological polar surface area (TPSA) is 32.3 Å². The molecule has 0 heterocycles. The number of nitrogens with one attached hydrogen (secondary N) is 1. The van der Waals surface area contributed by atoms with Gasteiger partial charge in [0.1, 0.15) is 17.3 Å². The molecule has 0 saturated carbocycles. The lowest BCUT2D eigenvalue weighted by Crippen LogP contribution is -2.32. The van der Waals surface area contributed by atoms with Crippen LogP contribution < -0.4 is 10.2 Å². The molecule has 0 spiro atoms. The number of nitrogens with zero attached hydrogens (tertiary/aromatic N) is 1. The second-order valence-corrected chi connectivity index (χ2v) is 5.25. The van der Waals surface area contributed by atoms with E-state index in [0.717, 1.165) is 11.3 Å². The first kappa shape index (κ1) is 16.9. The molecule has 0 atom stereocenters. The molecule has 0 aromatic heterocycles. The third-order valence-corrected chi connectivity index (χ3v) is 3.53. The Balaban J connectivity index is 1.98. The Hall–Kier alpha value is -2.43. The van der Waals surface area contributed by atoms with Gasteiger partial charge in [0.25, 0.3) is 0 Å². The Morgan fingerprint density at radius 2 is 1.78 bits per heavy atom. The predicted octanol–water partition coefficient (Wildman–Crippen LogP) is 4.13. The third kappa shape index (κ3) is 4.28. The van der Waals surface area contributed by atoms with Crippen LogP contribution in [0.4, 0.5) is 20.2 Å². The number of carbonyl (C=O) groups excluding carboxylic acids is 1. The van der Waals surface area contributed by atoms with Gasteiger partial charge in [0.15, 0.2) is 0 Å². The van der Waals surface area contributed by atoms with E-state index in [-0.39, 0.29) is 24.6 Å². The van der Waals surface area contributed by atoms with Gasteiger partial charge in [-0.25, -0.2) is 8.78 Å². The molecular formula is C18H20F2N2O. The number of halogens is 2. The number of para-hydroxylation sites is 1. The van der Waals surface area contributed by atoms with Crippen molar-refractivity contribution in [1.29, 1.82) is 0 Å². The van der Waals surface area contributed by atoms with Crippen molar-refractivity contribution in [3.63, 3.8) is 0 Å². The number of anilines is 2. The van der Waals surface area contributed by atoms with Crippen LogP contribution >= 0.6 is 0 Å². The summed E-state index contributed by atoms with van der Waals surface area (Å²) in [5.74, 6) is -1.42. The Kier molecular flexibility index (Phi) is 5.68. The van der Waals surface area contributed by atoms with Gasteiger partial charge >= 0.3 is 0 Å². The minimum Gasteiger partial charge on any atom is -0.380 e. The monoisotopic (exact) mass is 318 g/mol. The summed E-state index contributed by atoms with van der Waals surface area (Å²) in [4.78, 5) is 14.0. The normalized spacial score (nSPS) is 10.4. The van der Waals surface area contributed by atoms with Gasteiger partial charge < -0.3 is 10.2 Å². The van der Waals surface area contributed by atoms with Crippen LogP contribution in [0.2, 0.25) is 0 Å². The van der Waals surface area contributed by atoms with Crippen molar-refractivity contribution in [3.8, 4) is 0 Å². The van der Waals surface area contributed by atoms with E-state index in [0.29, 0.717) is 6.54 Å². The van der Waals surface area contributed by atoms with Gasteiger partial charge in [-0.15, -0.1) is 0 Å². The number of benzene rings is 2. The highest BCUT2D eigenvalue weighted by Crippen LogP contribution is 2.19. The van der Waals surface area contributed by atoms with Crippen molar-refractivity contribution in [2.75, 3.05) is 23.3 Å². The van der Waals surface area contributed by atoms with Gasteiger partial charge in [-0.2, -0.15) is 0 Å². The van der Waals surface area contributed by atoms with Crippen molar-refractivity contribution in [2.24, 2.45) is 0 Å². The summed E-state index contributed by atoms with van der Waals surface area (Å²) in [7, 11) is 0. The Morgan fingerprint density at radius 1 is 1.13 bits per heavy atom. The lowest BCUT2D eigenvalue weighted by molar-refractivity contribution is -0.118. The van der Waals surface area contributed by atoms with Crippen LogP contribution in [-0.2, 0) is 4.79 Å². The first-order chi connectivity index (χ1) is 11.0. The molecule has 0 aliphatic carbocycles. The number of amides is 1. The Labute approximate surface area is 134 Å². The summed E-state index contributed by atoms with van der Waals surface area (Å²) in [5, 5.41) is 2.66. The largest absolute Gasteiger partial charge is 0.380 e. The summed E-state index contributed by atoms with van der Waals surface area (Å²) in [6.45, 7) is 4.56. The van der Waals surface area contributed by atoms with E-state index in [1.165, 1.54) is 18.2 Å². The minimum absolute atomic E-state index is 0.0950. The molecule has 122 valence electrons. The Morgan fingerprint density at radius 3 is 2.39 bits per heavy atom. The molecular weight excluding hydrogens is 298 g/mol. The average Bonchev–Trinajstić information content (AvgIpc) is 2.51. The molecule has 5 heteroatoms. The van der Waals surface area contributed by atoms with Gasteiger partial charge in [-0.1, -0.05) is 18.2 Å². The van der Waals surface area contributed by atoms with Crippen molar-refractivity contribution in [1.82, 2.24) is 0 Å². The van der Waals surface area contributed by atoms with Crippen molar-refractivity contribution in [2.45, 2.75) is 20.3 Å². The van der Waals surface area contributed by atoms with E-state index in [2.05, 4.69) is 5.32 Å². The van der Waals surface area contributed by atoms with Gasteiger partial charge in [-0.05, 0) is 43.7 Å². The molecule has 0 fully saturated rings. The fourth-order valence-electron chi connectivity index (χ4n) is 2.39. The molecule has 0 aliphatic rings. The highest BCUT2D eigenvalue weighted by Gasteiger charge is 2.14. The summed E-state index contributed by atoms with van der Waals surface area (Å²) in [5.41, 5.74) is 1.70. The fraction of sp³-hybridized carbons (Fsp3) is 0.278. The molecule has 2 rings (SSSR count). The zero-order chi connectivity index (χ0) is 16.8. The molecule has 0 bridgehead atoms. The van der Waals surface area contributed by atoms with Crippen LogP contribution in [0.3, 0.4) is 0 Å². The van der Waals surface area contributed by atoms with E-state index in [9.17, 15) is 13.6 Å². The summed E-state index contributed by atoms with van der Waals surface area (Å²) in [6, 6.07) is 11.3. The van der Waals surface area contributed by atoms with Crippen molar-refractivity contribution in [3.05, 3.63) is 59.7 Å². The average molecular weight is 318 g/mol. The standard InChI is InChI=1S/C18H20F2N2O/c1-3-22(14-7-4-6-13(2)12-14)17(23)10-11-21-18-15(19)8-5-9-16(18)20/h4-9,12,21H,3,10-11H2,1-2H3. The number of hydrogen-bond acceptors (Lipinski definition) is 2. The maximum absolute atomic E-state index is 13.5. The van der Waals surface area contributed by atoms with Crippen LogP contribution in [0.25, 0.3) is 0 Å². The molecule has 0 saturated heterocycles. The number of hydrogen-bond donors (Lipinski definition) is 1. The number of carbonyl (C=O) groups is 1. The Bertz CT molecular complexity index is 668. The van der Waals surface area contributed by atoms with Crippen LogP contribution in [0.5, 0.6) is 0 Å². The van der Waals surface area contributed by atoms with E-state index in [1.54, 1.807) is 4.90 Å². The molecule has 1 amide bonds. The minimum atomic E-state index is -0.663. The van der Waals surface area contributed by atoms with Crippen molar-refractivity contribution >= 4 is 17.3 Å². The fourth-order valence-corrected chi connectivity index (χ4v) is 2.39. The highest BCUT2D eigenvalue weighted by molar-refractivity contribution is 5.93. The molecule has 0 unspecified atom stereocenters. The first-order valence-corrected chi connectivity index (χ1v) is 7.58. The second-order valence-electron chi connectivity index (χ2n) is 5.25. The van der Waals surface area contributed by atoms with Crippen LogP contribution in [0.15, 0.2) is 42.5 Å². The number of rotatable bonds is 6. The zero-order valence-corrected chi connectivity index (χ0v) is 13.3. The van der Waals surface area contributed by atoms with E-state index < -0.39 is 11.6 Å². The second kappa shape index (κ2) is 7.72. The van der Waals surface area contributed by atoms with Crippen LogP contribution in [-0.4, -0.2) is 19.0 Å². The van der Waals surface area contributed by atoms with E-state index >= 15 is 0 Å². The zero-order valence-electron chi connectivity index (χ0n) is 13.3. The van der Waals surface area contributed by atoms with Gasteiger partial charge in [-0.3, -0.25) is 4.79 Å². The molecule has 0 aliphatic heterocycles. The smallest absolute Gasteiger partial charge is 0.228 e. The maximum atomic E-state index is 13.5. The first-order valence-electron chi connectivity index (χ1n) is 7.58. The summed E-state index contributed by atoms with van der Waals surface area (Å²) >= 11 is 0. The quantitative estimate of drug-likeness (QED) is 0.868. The SMILES string of the molecule is CCN(C(=O)CCNc1c(F)cccc1F)c1cccc(C)c1. The van der Waals surface area contributed by atoms with E-state index in [4.69, 9.17) is 0 Å². The molecule has 0 radical (unpaired) electrons. The number of aryl methyl sites for hydroxylation is 1. The molecule has 2 aromatic rings. The third-order valence-electron chi connectivity index (χ3n) is 3.53. The summed E-state index contributed by atoms with van der Waals surface area (Å²) in [6.07, 6.45) is 0.148.